The van der Waals surface area contributed by atoms with Crippen LogP contribution in [0.3, 0.4) is 0 Å². The van der Waals surface area contributed by atoms with Gasteiger partial charge in [0, 0.05) is 0 Å². The summed E-state index contributed by atoms with van der Waals surface area (Å²) in [5, 5.41) is 0. The number of carbonyl (C=O) groups is 1. The SMILES string of the molecule is C/C=C/C(=O)C([C]=O)=Cc1ccccc1. The van der Waals surface area contributed by atoms with Crippen molar-refractivity contribution in [3.05, 3.63) is 53.6 Å². The van der Waals surface area contributed by atoms with Crippen molar-refractivity contribution in [1.82, 2.24) is 0 Å². The van der Waals surface area contributed by atoms with Crippen molar-refractivity contribution in [2.24, 2.45) is 0 Å². The maximum absolute atomic E-state index is 11.4. The Kier molecular flexibility index (Phi) is 4.23. The first kappa shape index (κ1) is 11.1. The van der Waals surface area contributed by atoms with Crippen LogP contribution in [0.15, 0.2) is 48.1 Å². The first-order chi connectivity index (χ1) is 7.27. The topological polar surface area (TPSA) is 34.1 Å². The Balaban J connectivity index is 2.97. The second kappa shape index (κ2) is 5.70. The van der Waals surface area contributed by atoms with Crippen molar-refractivity contribution >= 4 is 18.1 Å². The summed E-state index contributed by atoms with van der Waals surface area (Å²) in [6, 6.07) is 9.19. The Hall–Kier alpha value is -1.96. The fourth-order valence-corrected chi connectivity index (χ4v) is 1.11. The third-order valence-corrected chi connectivity index (χ3v) is 1.80. The summed E-state index contributed by atoms with van der Waals surface area (Å²) >= 11 is 0. The molecule has 2 heteroatoms. The third-order valence-electron chi connectivity index (χ3n) is 1.80. The molecule has 0 aliphatic heterocycles. The van der Waals surface area contributed by atoms with E-state index in [9.17, 15) is 9.59 Å². The summed E-state index contributed by atoms with van der Waals surface area (Å²) < 4.78 is 0. The van der Waals surface area contributed by atoms with Gasteiger partial charge in [-0.1, -0.05) is 36.4 Å². The molecule has 2 nitrogen and oxygen atoms in total. The van der Waals surface area contributed by atoms with Gasteiger partial charge < -0.3 is 0 Å². The fourth-order valence-electron chi connectivity index (χ4n) is 1.11. The molecule has 0 atom stereocenters. The molecular weight excluding hydrogens is 188 g/mol. The van der Waals surface area contributed by atoms with Crippen LogP contribution in [0, 0.1) is 0 Å². The third kappa shape index (κ3) is 3.35. The van der Waals surface area contributed by atoms with E-state index in [2.05, 4.69) is 0 Å². The van der Waals surface area contributed by atoms with Gasteiger partial charge >= 0.3 is 0 Å². The lowest BCUT2D eigenvalue weighted by molar-refractivity contribution is -0.110. The number of hydrogen-bond acceptors (Lipinski definition) is 2. The molecule has 0 aliphatic rings. The zero-order valence-corrected chi connectivity index (χ0v) is 8.44. The van der Waals surface area contributed by atoms with Crippen LogP contribution in [0.5, 0.6) is 0 Å². The van der Waals surface area contributed by atoms with Gasteiger partial charge in [0.05, 0.1) is 5.57 Å². The zero-order valence-electron chi connectivity index (χ0n) is 8.44. The molecule has 0 saturated carbocycles. The minimum atomic E-state index is -0.323. The van der Waals surface area contributed by atoms with Crippen LogP contribution < -0.4 is 0 Å². The van der Waals surface area contributed by atoms with Gasteiger partial charge in [-0.05, 0) is 24.6 Å². The number of benzene rings is 1. The van der Waals surface area contributed by atoms with Gasteiger partial charge in [0.2, 0.25) is 6.29 Å². The van der Waals surface area contributed by atoms with Crippen LogP contribution in [0.1, 0.15) is 12.5 Å². The molecule has 0 unspecified atom stereocenters. The second-order valence-electron chi connectivity index (χ2n) is 2.94. The highest BCUT2D eigenvalue weighted by Gasteiger charge is 2.04. The molecule has 0 spiro atoms. The summed E-state index contributed by atoms with van der Waals surface area (Å²) in [7, 11) is 0. The average Bonchev–Trinajstić information content (AvgIpc) is 2.27. The van der Waals surface area contributed by atoms with E-state index < -0.39 is 0 Å². The molecule has 0 amide bonds. The molecule has 0 heterocycles. The van der Waals surface area contributed by atoms with Crippen LogP contribution in [0.25, 0.3) is 6.08 Å². The first-order valence-electron chi connectivity index (χ1n) is 4.60. The average molecular weight is 199 g/mol. The van der Waals surface area contributed by atoms with Crippen molar-refractivity contribution in [2.75, 3.05) is 0 Å². The standard InChI is InChI=1S/C13H11O2/c1-2-6-13(15)12(10-14)9-11-7-4-3-5-8-11/h2-9H,1H3/b6-2+,12-9?. The minimum absolute atomic E-state index is 0.0410. The van der Waals surface area contributed by atoms with Crippen molar-refractivity contribution in [2.45, 2.75) is 6.92 Å². The Morgan fingerprint density at radius 1 is 1.27 bits per heavy atom. The molecule has 15 heavy (non-hydrogen) atoms. The van der Waals surface area contributed by atoms with Gasteiger partial charge in [0.15, 0.2) is 5.78 Å². The summed E-state index contributed by atoms with van der Waals surface area (Å²) in [6.45, 7) is 1.73. The van der Waals surface area contributed by atoms with Crippen molar-refractivity contribution in [3.63, 3.8) is 0 Å². The van der Waals surface area contributed by atoms with E-state index in [1.54, 1.807) is 19.3 Å². The quantitative estimate of drug-likeness (QED) is 0.423. The van der Waals surface area contributed by atoms with E-state index in [0.717, 1.165) is 5.56 Å². The number of carbonyl (C=O) groups excluding carboxylic acids is 2. The number of allylic oxidation sites excluding steroid dienone is 3. The predicted octanol–water partition coefficient (Wildman–Crippen LogP) is 2.32. The highest BCUT2D eigenvalue weighted by Crippen LogP contribution is 2.06. The first-order valence-corrected chi connectivity index (χ1v) is 4.60. The van der Waals surface area contributed by atoms with Crippen LogP contribution in [-0.2, 0) is 9.59 Å². The molecule has 1 aromatic carbocycles. The molecule has 0 N–H and O–H groups in total. The molecule has 0 aliphatic carbocycles. The van der Waals surface area contributed by atoms with E-state index in [-0.39, 0.29) is 11.4 Å². The van der Waals surface area contributed by atoms with Crippen molar-refractivity contribution in [3.8, 4) is 0 Å². The normalized spacial score (nSPS) is 11.7. The van der Waals surface area contributed by atoms with E-state index in [4.69, 9.17) is 0 Å². The summed E-state index contributed by atoms with van der Waals surface area (Å²) in [5.74, 6) is -0.323. The number of rotatable bonds is 4. The smallest absolute Gasteiger partial charge is 0.237 e. The summed E-state index contributed by atoms with van der Waals surface area (Å²) in [5.41, 5.74) is 0.855. The van der Waals surface area contributed by atoms with E-state index in [0.29, 0.717) is 0 Å². The maximum atomic E-state index is 11.4. The second-order valence-corrected chi connectivity index (χ2v) is 2.94. The lowest BCUT2D eigenvalue weighted by Gasteiger charge is -1.94. The van der Waals surface area contributed by atoms with Crippen LogP contribution >= 0.6 is 0 Å². The number of ketones is 1. The largest absolute Gasteiger partial charge is 0.289 e. The van der Waals surface area contributed by atoms with Gasteiger partial charge in [0.1, 0.15) is 0 Å². The van der Waals surface area contributed by atoms with E-state index in [1.165, 1.54) is 12.2 Å². The van der Waals surface area contributed by atoms with Crippen molar-refractivity contribution < 1.29 is 9.59 Å². The molecule has 0 fully saturated rings. The van der Waals surface area contributed by atoms with Crippen LogP contribution in [0.2, 0.25) is 0 Å². The molecule has 75 valence electrons. The van der Waals surface area contributed by atoms with Crippen LogP contribution in [-0.4, -0.2) is 12.1 Å². The van der Waals surface area contributed by atoms with Gasteiger partial charge in [0.25, 0.3) is 0 Å². The number of hydrogen-bond donors (Lipinski definition) is 0. The van der Waals surface area contributed by atoms with Gasteiger partial charge in [-0.3, -0.25) is 9.59 Å². The molecule has 0 aromatic heterocycles. The highest BCUT2D eigenvalue weighted by atomic mass is 16.1. The molecule has 1 radical (unpaired) electrons. The predicted molar refractivity (Wildman–Crippen MR) is 59.9 cm³/mol. The minimum Gasteiger partial charge on any atom is -0.289 e. The Bertz CT molecular complexity index is 400. The van der Waals surface area contributed by atoms with Gasteiger partial charge in [-0.15, -0.1) is 0 Å². The Morgan fingerprint density at radius 3 is 2.47 bits per heavy atom. The summed E-state index contributed by atoms with van der Waals surface area (Å²) in [4.78, 5) is 21.9. The highest BCUT2D eigenvalue weighted by molar-refractivity contribution is 6.20. The lowest BCUT2D eigenvalue weighted by atomic mass is 10.1. The summed E-state index contributed by atoms with van der Waals surface area (Å²) in [6.07, 6.45) is 6.11. The zero-order chi connectivity index (χ0) is 11.1. The lowest BCUT2D eigenvalue weighted by Crippen LogP contribution is -1.99. The van der Waals surface area contributed by atoms with Gasteiger partial charge in [-0.2, -0.15) is 0 Å². The monoisotopic (exact) mass is 199 g/mol. The van der Waals surface area contributed by atoms with Gasteiger partial charge in [-0.25, -0.2) is 0 Å². The van der Waals surface area contributed by atoms with E-state index in [1.807, 2.05) is 30.3 Å². The molecule has 1 aromatic rings. The maximum Gasteiger partial charge on any atom is 0.237 e. The Labute approximate surface area is 88.9 Å². The molecule has 1 rings (SSSR count). The van der Waals surface area contributed by atoms with E-state index >= 15 is 0 Å². The van der Waals surface area contributed by atoms with Crippen molar-refractivity contribution in [1.29, 1.82) is 0 Å². The van der Waals surface area contributed by atoms with Crippen LogP contribution in [0.4, 0.5) is 0 Å². The molecule has 0 bridgehead atoms. The molecule has 0 saturated heterocycles. The fraction of sp³-hybridized carbons (Fsp3) is 0.0769. The Morgan fingerprint density at radius 2 is 1.93 bits per heavy atom. The molecular formula is C13H11O2.